The van der Waals surface area contributed by atoms with Gasteiger partial charge in [-0.05, 0) is 57.8 Å². The molecule has 0 radical (unpaired) electrons. The lowest BCUT2D eigenvalue weighted by molar-refractivity contribution is -0.132. The Morgan fingerprint density at radius 2 is 2.04 bits per heavy atom. The number of aromatic nitrogens is 1. The van der Waals surface area contributed by atoms with E-state index in [4.69, 9.17) is 0 Å². The predicted octanol–water partition coefficient (Wildman–Crippen LogP) is 2.38. The highest BCUT2D eigenvalue weighted by molar-refractivity contribution is 5.78. The van der Waals surface area contributed by atoms with Gasteiger partial charge in [0.05, 0.1) is 12.2 Å². The summed E-state index contributed by atoms with van der Waals surface area (Å²) in [7, 11) is 2.18. The van der Waals surface area contributed by atoms with Crippen molar-refractivity contribution in [1.82, 2.24) is 19.7 Å². The van der Waals surface area contributed by atoms with Gasteiger partial charge >= 0.3 is 0 Å². The molecule has 0 aromatic carbocycles. The molecule has 2 aliphatic rings. The Balaban J connectivity index is 1.48. The van der Waals surface area contributed by atoms with Crippen LogP contribution in [0.3, 0.4) is 0 Å². The molecule has 1 aliphatic heterocycles. The van der Waals surface area contributed by atoms with Crippen molar-refractivity contribution in [3.05, 3.63) is 30.1 Å². The summed E-state index contributed by atoms with van der Waals surface area (Å²) in [6, 6.07) is 7.28. The number of nitrogens with zero attached hydrogens (tertiary/aromatic N) is 4. The van der Waals surface area contributed by atoms with Gasteiger partial charge in [-0.25, -0.2) is 0 Å². The van der Waals surface area contributed by atoms with E-state index < -0.39 is 0 Å². The summed E-state index contributed by atoms with van der Waals surface area (Å²) in [4.78, 5) is 24.0. The molecule has 0 N–H and O–H groups in total. The first-order chi connectivity index (χ1) is 12.2. The maximum Gasteiger partial charge on any atom is 0.236 e. The largest absolute Gasteiger partial charge is 0.342 e. The van der Waals surface area contributed by atoms with Crippen molar-refractivity contribution in [3.63, 3.8) is 0 Å². The van der Waals surface area contributed by atoms with Gasteiger partial charge in [-0.15, -0.1) is 0 Å². The van der Waals surface area contributed by atoms with Crippen molar-refractivity contribution in [2.24, 2.45) is 0 Å². The number of pyridine rings is 1. The van der Waals surface area contributed by atoms with Crippen LogP contribution in [-0.2, 0) is 11.3 Å². The first-order valence-corrected chi connectivity index (χ1v) is 9.79. The molecule has 1 saturated carbocycles. The minimum atomic E-state index is 0.321. The third-order valence-corrected chi connectivity index (χ3v) is 5.62. The Labute approximate surface area is 152 Å². The van der Waals surface area contributed by atoms with E-state index in [0.717, 1.165) is 51.1 Å². The molecular weight excluding hydrogens is 312 g/mol. The molecule has 1 aromatic rings. The summed E-state index contributed by atoms with van der Waals surface area (Å²) in [5.41, 5.74) is 1.12. The van der Waals surface area contributed by atoms with E-state index >= 15 is 0 Å². The average Bonchev–Trinajstić information content (AvgIpc) is 3.46. The lowest BCUT2D eigenvalue weighted by Gasteiger charge is -2.28. The maximum atomic E-state index is 12.7. The van der Waals surface area contributed by atoms with Gasteiger partial charge in [-0.2, -0.15) is 0 Å². The highest BCUT2D eigenvalue weighted by atomic mass is 16.2. The molecular formula is C20H32N4O. The molecule has 0 bridgehead atoms. The smallest absolute Gasteiger partial charge is 0.236 e. The van der Waals surface area contributed by atoms with E-state index in [1.165, 1.54) is 12.8 Å². The van der Waals surface area contributed by atoms with Crippen molar-refractivity contribution < 1.29 is 4.79 Å². The van der Waals surface area contributed by atoms with E-state index in [9.17, 15) is 4.79 Å². The molecule has 3 rings (SSSR count). The predicted molar refractivity (Wildman–Crippen MR) is 100 cm³/mol. The zero-order valence-electron chi connectivity index (χ0n) is 15.7. The van der Waals surface area contributed by atoms with Crippen LogP contribution in [0, 0.1) is 0 Å². The van der Waals surface area contributed by atoms with Gasteiger partial charge in [0.2, 0.25) is 5.91 Å². The first-order valence-electron chi connectivity index (χ1n) is 9.79. The van der Waals surface area contributed by atoms with Crippen LogP contribution in [0.25, 0.3) is 0 Å². The van der Waals surface area contributed by atoms with Crippen molar-refractivity contribution in [2.45, 2.75) is 57.7 Å². The molecule has 2 heterocycles. The second-order valence-corrected chi connectivity index (χ2v) is 7.50. The molecule has 138 valence electrons. The molecule has 1 aromatic heterocycles. The fourth-order valence-corrected chi connectivity index (χ4v) is 3.86. The van der Waals surface area contributed by atoms with E-state index in [-0.39, 0.29) is 0 Å². The number of likely N-dealkylation sites (N-methyl/N-ethyl adjacent to an activating group) is 1. The molecule has 1 aliphatic carbocycles. The number of likely N-dealkylation sites (tertiary alicyclic amines) is 1. The quantitative estimate of drug-likeness (QED) is 0.761. The van der Waals surface area contributed by atoms with Gasteiger partial charge < -0.3 is 4.90 Å². The molecule has 0 unspecified atom stereocenters. The van der Waals surface area contributed by atoms with Crippen LogP contribution in [-0.4, -0.2) is 70.9 Å². The number of hydrogen-bond acceptors (Lipinski definition) is 4. The minimum Gasteiger partial charge on any atom is -0.342 e. The van der Waals surface area contributed by atoms with Gasteiger partial charge in [0, 0.05) is 37.9 Å². The van der Waals surface area contributed by atoms with Crippen LogP contribution in [0.1, 0.15) is 44.7 Å². The molecule has 1 amide bonds. The number of amides is 1. The summed E-state index contributed by atoms with van der Waals surface area (Å²) in [6.45, 7) is 6.43. The number of hydrogen-bond donors (Lipinski definition) is 0. The Morgan fingerprint density at radius 1 is 1.20 bits per heavy atom. The molecule has 0 spiro atoms. The molecule has 1 saturated heterocycles. The van der Waals surface area contributed by atoms with Gasteiger partial charge in [0.25, 0.3) is 0 Å². The Kier molecular flexibility index (Phi) is 6.43. The topological polar surface area (TPSA) is 39.7 Å². The van der Waals surface area contributed by atoms with Gasteiger partial charge in [0.1, 0.15) is 0 Å². The van der Waals surface area contributed by atoms with Crippen LogP contribution in [0.5, 0.6) is 0 Å². The average molecular weight is 345 g/mol. The normalized spacial score (nSPS) is 21.6. The third kappa shape index (κ3) is 5.25. The Morgan fingerprint density at radius 3 is 2.72 bits per heavy atom. The standard InChI is InChI=1S/C20H32N4O/c1-3-23(19-9-10-19)16-20(25)24-13-6-8-18(11-14-24)22(2)15-17-7-4-5-12-21-17/h4-5,7,12,18-19H,3,6,8-11,13-16H2,1-2H3/t18-/m0/s1. The lowest BCUT2D eigenvalue weighted by atomic mass is 10.1. The zero-order chi connectivity index (χ0) is 17.6. The Bertz CT molecular complexity index is 546. The van der Waals surface area contributed by atoms with Gasteiger partial charge in [-0.1, -0.05) is 13.0 Å². The number of carbonyl (C=O) groups excluding carboxylic acids is 1. The fourth-order valence-electron chi connectivity index (χ4n) is 3.86. The van der Waals surface area contributed by atoms with Crippen molar-refractivity contribution in [3.8, 4) is 0 Å². The van der Waals surface area contributed by atoms with E-state index in [1.54, 1.807) is 0 Å². The molecule has 1 atom stereocenters. The zero-order valence-corrected chi connectivity index (χ0v) is 15.7. The van der Waals surface area contributed by atoms with Gasteiger partial charge in [0.15, 0.2) is 0 Å². The first kappa shape index (κ1) is 18.3. The molecule has 5 nitrogen and oxygen atoms in total. The highest BCUT2D eigenvalue weighted by Gasteiger charge is 2.31. The second-order valence-electron chi connectivity index (χ2n) is 7.50. The van der Waals surface area contributed by atoms with Crippen LogP contribution in [0.4, 0.5) is 0 Å². The van der Waals surface area contributed by atoms with Crippen LogP contribution in [0.15, 0.2) is 24.4 Å². The highest BCUT2D eigenvalue weighted by Crippen LogP contribution is 2.26. The van der Waals surface area contributed by atoms with Crippen molar-refractivity contribution >= 4 is 5.91 Å². The summed E-state index contributed by atoms with van der Waals surface area (Å²) in [5, 5.41) is 0. The van der Waals surface area contributed by atoms with Crippen LogP contribution in [0.2, 0.25) is 0 Å². The van der Waals surface area contributed by atoms with Crippen molar-refractivity contribution in [2.75, 3.05) is 33.2 Å². The van der Waals surface area contributed by atoms with Crippen LogP contribution >= 0.6 is 0 Å². The monoisotopic (exact) mass is 344 g/mol. The number of carbonyl (C=O) groups is 1. The van der Waals surface area contributed by atoms with Crippen LogP contribution < -0.4 is 0 Å². The Hall–Kier alpha value is -1.46. The fraction of sp³-hybridized carbons (Fsp3) is 0.700. The molecule has 5 heteroatoms. The van der Waals surface area contributed by atoms with E-state index in [0.29, 0.717) is 24.5 Å². The minimum absolute atomic E-state index is 0.321. The summed E-state index contributed by atoms with van der Waals surface area (Å²) < 4.78 is 0. The second kappa shape index (κ2) is 8.77. The third-order valence-electron chi connectivity index (χ3n) is 5.62. The SMILES string of the molecule is CCN(CC(=O)N1CCC[C@H](N(C)Cc2ccccn2)CC1)C1CC1. The lowest BCUT2D eigenvalue weighted by Crippen LogP contribution is -2.42. The van der Waals surface area contributed by atoms with Crippen molar-refractivity contribution in [1.29, 1.82) is 0 Å². The van der Waals surface area contributed by atoms with E-state index in [1.807, 2.05) is 18.3 Å². The number of rotatable bonds is 7. The summed E-state index contributed by atoms with van der Waals surface area (Å²) >= 11 is 0. The maximum absolute atomic E-state index is 12.7. The summed E-state index contributed by atoms with van der Waals surface area (Å²) in [6.07, 6.45) is 7.70. The molecule has 2 fully saturated rings. The van der Waals surface area contributed by atoms with Gasteiger partial charge in [-0.3, -0.25) is 19.6 Å². The summed E-state index contributed by atoms with van der Waals surface area (Å²) in [5.74, 6) is 0.321. The van der Waals surface area contributed by atoms with E-state index in [2.05, 4.69) is 39.7 Å². The molecule has 25 heavy (non-hydrogen) atoms.